The summed E-state index contributed by atoms with van der Waals surface area (Å²) in [6.07, 6.45) is 1.05. The van der Waals surface area contributed by atoms with Gasteiger partial charge in [-0.1, -0.05) is 20.8 Å². The van der Waals surface area contributed by atoms with Crippen LogP contribution in [0.4, 0.5) is 0 Å². The zero-order chi connectivity index (χ0) is 9.99. The van der Waals surface area contributed by atoms with E-state index in [1.807, 2.05) is 0 Å². The van der Waals surface area contributed by atoms with Gasteiger partial charge in [-0.3, -0.25) is 0 Å². The highest BCUT2D eigenvalue weighted by atomic mass is 15.0. The Morgan fingerprint density at radius 2 is 1.58 bits per heavy atom. The Hall–Kier alpha value is -0.730. The molecule has 0 fully saturated rings. The number of hydrogen-bond acceptors (Lipinski definition) is 1. The van der Waals surface area contributed by atoms with Gasteiger partial charge in [0.05, 0.1) is 5.54 Å². The molecule has 3 heteroatoms. The van der Waals surface area contributed by atoms with E-state index in [1.54, 1.807) is 0 Å². The fraction of sp³-hybridized carbons (Fsp3) is 0.889. The van der Waals surface area contributed by atoms with E-state index < -0.39 is 0 Å². The highest BCUT2D eigenvalue weighted by Gasteiger charge is 2.35. The summed E-state index contributed by atoms with van der Waals surface area (Å²) >= 11 is 0. The smallest absolute Gasteiger partial charge is 0.186 e. The van der Waals surface area contributed by atoms with Crippen LogP contribution in [0.15, 0.2) is 4.99 Å². The van der Waals surface area contributed by atoms with Crippen molar-refractivity contribution in [3.63, 3.8) is 0 Å². The molecule has 0 aromatic carbocycles. The fourth-order valence-corrected chi connectivity index (χ4v) is 0.907. The van der Waals surface area contributed by atoms with Gasteiger partial charge in [0.25, 0.3) is 0 Å². The zero-order valence-corrected chi connectivity index (χ0v) is 8.81. The number of guanidine groups is 1. The first-order valence-corrected chi connectivity index (χ1v) is 4.34. The molecule has 3 nitrogen and oxygen atoms in total. The molecule has 0 aromatic heterocycles. The van der Waals surface area contributed by atoms with Gasteiger partial charge in [-0.25, -0.2) is 4.99 Å². The molecule has 0 bridgehead atoms. The molecule has 0 rings (SSSR count). The molecular formula is C9H21N3. The molecule has 0 aliphatic carbocycles. The number of hydrogen-bond donors (Lipinski definition) is 2. The SMILES string of the molecule is CCC(C)(C)C(C)(C)N=C(N)N. The van der Waals surface area contributed by atoms with Gasteiger partial charge in [0.2, 0.25) is 0 Å². The predicted octanol–water partition coefficient (Wildman–Crippen LogP) is 1.47. The van der Waals surface area contributed by atoms with Gasteiger partial charge in [-0.2, -0.15) is 0 Å². The van der Waals surface area contributed by atoms with Crippen LogP contribution in [0.5, 0.6) is 0 Å². The molecule has 0 radical (unpaired) electrons. The van der Waals surface area contributed by atoms with Gasteiger partial charge in [0, 0.05) is 0 Å². The Morgan fingerprint density at radius 1 is 1.17 bits per heavy atom. The van der Waals surface area contributed by atoms with Crippen LogP contribution in [-0.4, -0.2) is 11.5 Å². The number of nitrogens with two attached hydrogens (primary N) is 2. The lowest BCUT2D eigenvalue weighted by Gasteiger charge is -2.37. The highest BCUT2D eigenvalue weighted by molar-refractivity contribution is 5.76. The van der Waals surface area contributed by atoms with Crippen LogP contribution in [0.1, 0.15) is 41.0 Å². The number of aliphatic imine (C=N–C) groups is 1. The molecule has 0 heterocycles. The number of rotatable bonds is 3. The van der Waals surface area contributed by atoms with Crippen molar-refractivity contribution in [3.05, 3.63) is 0 Å². The summed E-state index contributed by atoms with van der Waals surface area (Å²) in [7, 11) is 0. The first kappa shape index (κ1) is 11.3. The van der Waals surface area contributed by atoms with E-state index in [0.29, 0.717) is 0 Å². The molecule has 0 aromatic rings. The molecular weight excluding hydrogens is 150 g/mol. The Morgan fingerprint density at radius 3 is 1.83 bits per heavy atom. The predicted molar refractivity (Wildman–Crippen MR) is 54.0 cm³/mol. The molecule has 0 atom stereocenters. The first-order valence-electron chi connectivity index (χ1n) is 4.34. The second kappa shape index (κ2) is 3.33. The van der Waals surface area contributed by atoms with Gasteiger partial charge in [-0.15, -0.1) is 0 Å². The van der Waals surface area contributed by atoms with Gasteiger partial charge in [0.1, 0.15) is 0 Å². The van der Waals surface area contributed by atoms with Gasteiger partial charge in [-0.05, 0) is 25.7 Å². The summed E-state index contributed by atoms with van der Waals surface area (Å²) in [5, 5.41) is 0. The second-order valence-electron chi connectivity index (χ2n) is 4.33. The summed E-state index contributed by atoms with van der Waals surface area (Å²) in [6, 6.07) is 0. The fourth-order valence-electron chi connectivity index (χ4n) is 0.907. The van der Waals surface area contributed by atoms with Crippen molar-refractivity contribution in [2.24, 2.45) is 21.9 Å². The van der Waals surface area contributed by atoms with Gasteiger partial charge < -0.3 is 11.5 Å². The monoisotopic (exact) mass is 171 g/mol. The van der Waals surface area contributed by atoms with E-state index in [0.717, 1.165) is 6.42 Å². The van der Waals surface area contributed by atoms with Crippen LogP contribution in [-0.2, 0) is 0 Å². The van der Waals surface area contributed by atoms with E-state index in [9.17, 15) is 0 Å². The summed E-state index contributed by atoms with van der Waals surface area (Å²) in [6.45, 7) is 10.6. The lowest BCUT2D eigenvalue weighted by molar-refractivity contribution is 0.197. The lowest BCUT2D eigenvalue weighted by Crippen LogP contribution is -2.40. The van der Waals surface area contributed by atoms with E-state index in [4.69, 9.17) is 11.5 Å². The van der Waals surface area contributed by atoms with Crippen LogP contribution < -0.4 is 11.5 Å². The maximum Gasteiger partial charge on any atom is 0.186 e. The minimum atomic E-state index is -0.194. The maximum absolute atomic E-state index is 5.36. The Labute approximate surface area is 75.2 Å². The Balaban J connectivity index is 4.72. The molecule has 0 saturated carbocycles. The van der Waals surface area contributed by atoms with E-state index in [-0.39, 0.29) is 16.9 Å². The lowest BCUT2D eigenvalue weighted by atomic mass is 9.73. The molecule has 0 saturated heterocycles. The summed E-state index contributed by atoms with van der Waals surface area (Å²) in [4.78, 5) is 4.22. The maximum atomic E-state index is 5.36. The standard InChI is InChI=1S/C9H21N3/c1-6-8(2,3)9(4,5)12-7(10)11/h6H2,1-5H3,(H4,10,11,12). The Kier molecular flexibility index (Phi) is 3.13. The summed E-state index contributed by atoms with van der Waals surface area (Å²) in [5.41, 5.74) is 10.6. The van der Waals surface area contributed by atoms with Crippen molar-refractivity contribution in [1.82, 2.24) is 0 Å². The van der Waals surface area contributed by atoms with Gasteiger partial charge in [0.15, 0.2) is 5.96 Å². The molecule has 0 spiro atoms. The average Bonchev–Trinajstić information content (AvgIpc) is 1.84. The molecule has 72 valence electrons. The van der Waals surface area contributed by atoms with Crippen molar-refractivity contribution in [3.8, 4) is 0 Å². The topological polar surface area (TPSA) is 64.4 Å². The van der Waals surface area contributed by atoms with Crippen molar-refractivity contribution < 1.29 is 0 Å². The van der Waals surface area contributed by atoms with Crippen LogP contribution >= 0.6 is 0 Å². The van der Waals surface area contributed by atoms with Crippen LogP contribution in [0, 0.1) is 5.41 Å². The molecule has 0 aliphatic rings. The zero-order valence-electron chi connectivity index (χ0n) is 8.81. The molecule has 0 unspecified atom stereocenters. The third kappa shape index (κ3) is 2.40. The molecule has 4 N–H and O–H groups in total. The summed E-state index contributed by atoms with van der Waals surface area (Å²) in [5.74, 6) is 0.168. The first-order chi connectivity index (χ1) is 5.23. The molecule has 0 amide bonds. The second-order valence-corrected chi connectivity index (χ2v) is 4.33. The Bertz CT molecular complexity index is 176. The van der Waals surface area contributed by atoms with E-state index in [2.05, 4.69) is 39.6 Å². The third-order valence-electron chi connectivity index (χ3n) is 2.95. The van der Waals surface area contributed by atoms with Crippen molar-refractivity contribution in [1.29, 1.82) is 0 Å². The normalized spacial score (nSPS) is 12.8. The average molecular weight is 171 g/mol. The van der Waals surface area contributed by atoms with Crippen molar-refractivity contribution >= 4 is 5.96 Å². The quantitative estimate of drug-likeness (QED) is 0.499. The third-order valence-corrected chi connectivity index (χ3v) is 2.95. The molecule has 0 aliphatic heterocycles. The van der Waals surface area contributed by atoms with E-state index >= 15 is 0 Å². The van der Waals surface area contributed by atoms with E-state index in [1.165, 1.54) is 0 Å². The van der Waals surface area contributed by atoms with Gasteiger partial charge >= 0.3 is 0 Å². The largest absolute Gasteiger partial charge is 0.370 e. The minimum Gasteiger partial charge on any atom is -0.370 e. The van der Waals surface area contributed by atoms with Crippen LogP contribution in [0.2, 0.25) is 0 Å². The minimum absolute atomic E-state index is 0.122. The highest BCUT2D eigenvalue weighted by Crippen LogP contribution is 2.36. The molecule has 12 heavy (non-hydrogen) atoms. The van der Waals surface area contributed by atoms with Crippen LogP contribution in [0.3, 0.4) is 0 Å². The summed E-state index contributed by atoms with van der Waals surface area (Å²) < 4.78 is 0. The van der Waals surface area contributed by atoms with Crippen molar-refractivity contribution in [2.45, 2.75) is 46.6 Å². The van der Waals surface area contributed by atoms with Crippen LogP contribution in [0.25, 0.3) is 0 Å². The van der Waals surface area contributed by atoms with Crippen molar-refractivity contribution in [2.75, 3.05) is 0 Å². The number of nitrogens with zero attached hydrogens (tertiary/aromatic N) is 1.